The number of hydrogen-bond acceptors (Lipinski definition) is 3. The number of aromatic nitrogens is 3. The largest absolute Gasteiger partial charge is 0.305 e. The SMILES string of the molecule is c1cncc(-c2ccc3c([C@@H]4CCCN4CC4CC4)ncn3c2)c1. The minimum atomic E-state index is 0.500. The average Bonchev–Trinajstić information content (AvgIpc) is 3.16. The molecule has 4 heteroatoms. The fraction of sp³-hybridized carbons (Fsp3) is 0.400. The molecule has 1 aliphatic heterocycles. The molecule has 0 bridgehead atoms. The molecule has 3 aromatic heterocycles. The third-order valence-electron chi connectivity index (χ3n) is 5.42. The van der Waals surface area contributed by atoms with Gasteiger partial charge in [-0.05, 0) is 55.8 Å². The van der Waals surface area contributed by atoms with Crippen molar-refractivity contribution in [2.75, 3.05) is 13.1 Å². The van der Waals surface area contributed by atoms with Crippen LogP contribution in [0.25, 0.3) is 16.6 Å². The summed E-state index contributed by atoms with van der Waals surface area (Å²) in [6.07, 6.45) is 13.2. The van der Waals surface area contributed by atoms with E-state index >= 15 is 0 Å². The van der Waals surface area contributed by atoms with Crippen LogP contribution in [0.2, 0.25) is 0 Å². The maximum atomic E-state index is 4.80. The number of likely N-dealkylation sites (tertiary alicyclic amines) is 1. The van der Waals surface area contributed by atoms with Crippen LogP contribution in [0.15, 0.2) is 49.2 Å². The Morgan fingerprint density at radius 3 is 2.88 bits per heavy atom. The van der Waals surface area contributed by atoms with Crippen LogP contribution in [0.3, 0.4) is 0 Å². The molecule has 1 aliphatic carbocycles. The number of fused-ring (bicyclic) bond motifs is 1. The molecule has 0 aromatic carbocycles. The summed E-state index contributed by atoms with van der Waals surface area (Å²) in [5.74, 6) is 0.941. The van der Waals surface area contributed by atoms with Crippen molar-refractivity contribution < 1.29 is 0 Å². The van der Waals surface area contributed by atoms with Gasteiger partial charge in [0.05, 0.1) is 23.6 Å². The van der Waals surface area contributed by atoms with E-state index in [1.807, 2.05) is 24.8 Å². The number of rotatable bonds is 4. The van der Waals surface area contributed by atoms with E-state index in [1.54, 1.807) is 0 Å². The van der Waals surface area contributed by atoms with Crippen molar-refractivity contribution in [3.63, 3.8) is 0 Å². The van der Waals surface area contributed by atoms with Crippen LogP contribution in [0.1, 0.15) is 37.4 Å². The Balaban J connectivity index is 1.49. The molecular weight excluding hydrogens is 296 g/mol. The standard InChI is InChI=1S/C20H22N4/c1-3-16(11-21-9-1)17-7-8-19-20(22-14-24(19)13-17)18-4-2-10-23(18)12-15-5-6-15/h1,3,7-9,11,13-15,18H,2,4-6,10,12H2/t18-/m0/s1. The lowest BCUT2D eigenvalue weighted by Crippen LogP contribution is -2.25. The molecule has 1 saturated heterocycles. The molecule has 1 atom stereocenters. The van der Waals surface area contributed by atoms with Crippen molar-refractivity contribution in [3.8, 4) is 11.1 Å². The number of hydrogen-bond donors (Lipinski definition) is 0. The highest BCUT2D eigenvalue weighted by Gasteiger charge is 2.33. The Hall–Kier alpha value is -2.20. The van der Waals surface area contributed by atoms with Gasteiger partial charge < -0.3 is 4.40 Å². The Morgan fingerprint density at radius 2 is 2.04 bits per heavy atom. The zero-order valence-electron chi connectivity index (χ0n) is 13.8. The third kappa shape index (κ3) is 2.51. The fourth-order valence-electron chi connectivity index (χ4n) is 3.97. The topological polar surface area (TPSA) is 33.4 Å². The minimum absolute atomic E-state index is 0.500. The molecule has 5 rings (SSSR count). The smallest absolute Gasteiger partial charge is 0.0996 e. The minimum Gasteiger partial charge on any atom is -0.305 e. The summed E-state index contributed by atoms with van der Waals surface area (Å²) in [5.41, 5.74) is 4.83. The van der Waals surface area contributed by atoms with Gasteiger partial charge >= 0.3 is 0 Å². The summed E-state index contributed by atoms with van der Waals surface area (Å²) in [6, 6.07) is 8.99. The van der Waals surface area contributed by atoms with Crippen LogP contribution in [-0.4, -0.2) is 32.4 Å². The first-order valence-corrected chi connectivity index (χ1v) is 8.99. The van der Waals surface area contributed by atoms with E-state index in [0.717, 1.165) is 11.5 Å². The second kappa shape index (κ2) is 5.71. The highest BCUT2D eigenvalue weighted by Crippen LogP contribution is 2.38. The summed E-state index contributed by atoms with van der Waals surface area (Å²) in [4.78, 5) is 11.7. The molecule has 4 heterocycles. The van der Waals surface area contributed by atoms with Crippen molar-refractivity contribution in [1.29, 1.82) is 0 Å². The Morgan fingerprint density at radius 1 is 1.08 bits per heavy atom. The third-order valence-corrected chi connectivity index (χ3v) is 5.42. The van der Waals surface area contributed by atoms with E-state index in [1.165, 1.54) is 55.5 Å². The van der Waals surface area contributed by atoms with Gasteiger partial charge in [0.2, 0.25) is 0 Å². The number of imidazole rings is 1. The van der Waals surface area contributed by atoms with E-state index in [-0.39, 0.29) is 0 Å². The van der Waals surface area contributed by atoms with Crippen molar-refractivity contribution in [2.24, 2.45) is 5.92 Å². The lowest BCUT2D eigenvalue weighted by Gasteiger charge is -2.23. The van der Waals surface area contributed by atoms with Gasteiger partial charge in [0.1, 0.15) is 0 Å². The Bertz CT molecular complexity index is 850. The molecule has 0 unspecified atom stereocenters. The first-order valence-electron chi connectivity index (χ1n) is 8.99. The number of nitrogens with zero attached hydrogens (tertiary/aromatic N) is 4. The summed E-state index contributed by atoms with van der Waals surface area (Å²) in [5, 5.41) is 0. The first kappa shape index (κ1) is 14.2. The van der Waals surface area contributed by atoms with Gasteiger partial charge in [-0.3, -0.25) is 9.88 Å². The molecule has 24 heavy (non-hydrogen) atoms. The summed E-state index contributed by atoms with van der Waals surface area (Å²) >= 11 is 0. The molecule has 1 saturated carbocycles. The Kier molecular flexibility index (Phi) is 3.37. The zero-order valence-corrected chi connectivity index (χ0v) is 13.8. The molecule has 0 N–H and O–H groups in total. The molecule has 0 spiro atoms. The van der Waals surface area contributed by atoms with E-state index < -0.39 is 0 Å². The maximum Gasteiger partial charge on any atom is 0.0996 e. The molecule has 0 radical (unpaired) electrons. The molecule has 122 valence electrons. The predicted molar refractivity (Wildman–Crippen MR) is 94.7 cm³/mol. The normalized spacial score (nSPS) is 21.6. The summed E-state index contributed by atoms with van der Waals surface area (Å²) in [7, 11) is 0. The average molecular weight is 318 g/mol. The lowest BCUT2D eigenvalue weighted by molar-refractivity contribution is 0.244. The molecule has 3 aromatic rings. The van der Waals surface area contributed by atoms with Crippen molar-refractivity contribution in [1.82, 2.24) is 19.3 Å². The molecule has 2 aliphatic rings. The van der Waals surface area contributed by atoms with Gasteiger partial charge in [-0.25, -0.2) is 4.98 Å². The van der Waals surface area contributed by atoms with E-state index in [9.17, 15) is 0 Å². The van der Waals surface area contributed by atoms with Crippen molar-refractivity contribution in [2.45, 2.75) is 31.7 Å². The Labute approximate surface area is 142 Å². The van der Waals surface area contributed by atoms with Crippen LogP contribution < -0.4 is 0 Å². The van der Waals surface area contributed by atoms with Crippen LogP contribution in [0.4, 0.5) is 0 Å². The van der Waals surface area contributed by atoms with Gasteiger partial charge in [-0.1, -0.05) is 12.1 Å². The molecule has 4 nitrogen and oxygen atoms in total. The molecule has 0 amide bonds. The maximum absolute atomic E-state index is 4.80. The van der Waals surface area contributed by atoms with Gasteiger partial charge in [0, 0.05) is 30.7 Å². The summed E-state index contributed by atoms with van der Waals surface area (Å²) < 4.78 is 2.17. The van der Waals surface area contributed by atoms with E-state index in [0.29, 0.717) is 6.04 Å². The van der Waals surface area contributed by atoms with Gasteiger partial charge in [-0.15, -0.1) is 0 Å². The first-order chi connectivity index (χ1) is 11.9. The summed E-state index contributed by atoms with van der Waals surface area (Å²) in [6.45, 7) is 2.49. The second-order valence-corrected chi connectivity index (χ2v) is 7.18. The predicted octanol–water partition coefficient (Wildman–Crippen LogP) is 3.94. The lowest BCUT2D eigenvalue weighted by atomic mass is 10.1. The monoisotopic (exact) mass is 318 g/mol. The van der Waals surface area contributed by atoms with Crippen LogP contribution >= 0.6 is 0 Å². The van der Waals surface area contributed by atoms with E-state index in [4.69, 9.17) is 4.98 Å². The quantitative estimate of drug-likeness (QED) is 0.730. The molecular formula is C20H22N4. The van der Waals surface area contributed by atoms with Crippen LogP contribution in [-0.2, 0) is 0 Å². The number of pyridine rings is 2. The van der Waals surface area contributed by atoms with Crippen LogP contribution in [0, 0.1) is 5.92 Å². The van der Waals surface area contributed by atoms with Crippen molar-refractivity contribution >= 4 is 5.52 Å². The van der Waals surface area contributed by atoms with E-state index in [2.05, 4.69) is 38.7 Å². The fourth-order valence-corrected chi connectivity index (χ4v) is 3.97. The van der Waals surface area contributed by atoms with Crippen molar-refractivity contribution in [3.05, 3.63) is 54.9 Å². The van der Waals surface area contributed by atoms with Gasteiger partial charge in [0.25, 0.3) is 0 Å². The van der Waals surface area contributed by atoms with Crippen LogP contribution in [0.5, 0.6) is 0 Å². The molecule has 2 fully saturated rings. The van der Waals surface area contributed by atoms with Gasteiger partial charge in [-0.2, -0.15) is 0 Å². The zero-order chi connectivity index (χ0) is 15.9. The highest BCUT2D eigenvalue weighted by molar-refractivity contribution is 5.66. The van der Waals surface area contributed by atoms with Gasteiger partial charge in [0.15, 0.2) is 0 Å². The second-order valence-electron chi connectivity index (χ2n) is 7.18. The highest BCUT2D eigenvalue weighted by atomic mass is 15.2.